The summed E-state index contributed by atoms with van der Waals surface area (Å²) in [6, 6.07) is 3.65. The number of fused-ring (bicyclic) bond motifs is 1. The van der Waals surface area contributed by atoms with Crippen LogP contribution in [0, 0.1) is 0 Å². The molecule has 1 atom stereocenters. The molecule has 1 aliphatic carbocycles. The van der Waals surface area contributed by atoms with Crippen molar-refractivity contribution >= 4 is 5.97 Å². The van der Waals surface area contributed by atoms with E-state index in [-0.39, 0.29) is 0 Å². The van der Waals surface area contributed by atoms with Crippen LogP contribution in [-0.2, 0) is 28.8 Å². The fourth-order valence-corrected chi connectivity index (χ4v) is 3.53. The Labute approximate surface area is 163 Å². The fourth-order valence-electron chi connectivity index (χ4n) is 3.53. The van der Waals surface area contributed by atoms with Crippen LogP contribution in [0.2, 0.25) is 0 Å². The lowest BCUT2D eigenvalue weighted by molar-refractivity contribution is -0.138. The second kappa shape index (κ2) is 12.1. The van der Waals surface area contributed by atoms with Crippen LogP contribution in [0.15, 0.2) is 12.1 Å². The monoisotopic (exact) mass is 377 g/mol. The summed E-state index contributed by atoms with van der Waals surface area (Å²) in [4.78, 5) is 18.0. The van der Waals surface area contributed by atoms with Gasteiger partial charge in [-0.2, -0.15) is 0 Å². The predicted molar refractivity (Wildman–Crippen MR) is 107 cm³/mol. The number of hydrogen-bond donors (Lipinski definition) is 2. The van der Waals surface area contributed by atoms with Crippen LogP contribution in [0.5, 0.6) is 0 Å². The Kier molecular flexibility index (Phi) is 9.73. The van der Waals surface area contributed by atoms with Gasteiger partial charge in [-0.3, -0.25) is 9.78 Å². The maximum atomic E-state index is 10.9. The molecule has 1 aromatic heterocycles. The Bertz CT molecular complexity index is 580. The average molecular weight is 378 g/mol. The van der Waals surface area contributed by atoms with Crippen LogP contribution < -0.4 is 5.73 Å². The van der Waals surface area contributed by atoms with E-state index in [2.05, 4.69) is 17.0 Å². The number of nitrogens with zero attached hydrogens (tertiary/aromatic N) is 2. The van der Waals surface area contributed by atoms with E-state index in [4.69, 9.17) is 20.6 Å². The maximum absolute atomic E-state index is 10.9. The first-order valence-corrected chi connectivity index (χ1v) is 10.4. The predicted octanol–water partition coefficient (Wildman–Crippen LogP) is 2.42. The number of aromatic nitrogens is 1. The van der Waals surface area contributed by atoms with E-state index in [9.17, 15) is 4.79 Å². The van der Waals surface area contributed by atoms with Crippen LogP contribution in [0.25, 0.3) is 0 Å². The molecule has 0 saturated heterocycles. The van der Waals surface area contributed by atoms with Crippen LogP contribution in [0.1, 0.15) is 56.0 Å². The molecule has 0 spiro atoms. The highest BCUT2D eigenvalue weighted by molar-refractivity contribution is 5.72. The number of carbonyl (C=O) groups is 1. The lowest BCUT2D eigenvalue weighted by atomic mass is 9.95. The number of carboxylic acids is 1. The van der Waals surface area contributed by atoms with E-state index >= 15 is 0 Å². The minimum atomic E-state index is -0.932. The van der Waals surface area contributed by atoms with Crippen LogP contribution >= 0.6 is 0 Å². The van der Waals surface area contributed by atoms with E-state index in [0.29, 0.717) is 26.2 Å². The van der Waals surface area contributed by atoms with Gasteiger partial charge in [-0.25, -0.2) is 0 Å². The molecule has 1 aliphatic rings. The highest BCUT2D eigenvalue weighted by Gasteiger charge is 2.14. The van der Waals surface area contributed by atoms with E-state index in [1.165, 1.54) is 36.2 Å². The zero-order valence-electron chi connectivity index (χ0n) is 16.7. The zero-order chi connectivity index (χ0) is 19.5. The third-order valence-electron chi connectivity index (χ3n) is 5.22. The van der Waals surface area contributed by atoms with Crippen molar-refractivity contribution < 1.29 is 14.6 Å². The van der Waals surface area contributed by atoms with Gasteiger partial charge in [0.2, 0.25) is 0 Å². The SMILES string of the molecule is CCOCCN(CCCCc1ccc2c(n1)CCCC2)CC[C@H](N)C(=O)O. The molecule has 0 bridgehead atoms. The second-order valence-electron chi connectivity index (χ2n) is 7.34. The molecular formula is C21H35N3O3. The number of pyridine rings is 1. The summed E-state index contributed by atoms with van der Waals surface area (Å²) in [5.74, 6) is -0.932. The van der Waals surface area contributed by atoms with Crippen molar-refractivity contribution in [3.05, 3.63) is 29.1 Å². The van der Waals surface area contributed by atoms with Gasteiger partial charge in [0, 0.05) is 31.1 Å². The number of hydrogen-bond acceptors (Lipinski definition) is 5. The minimum Gasteiger partial charge on any atom is -0.480 e. The number of rotatable bonds is 13. The normalized spacial score (nSPS) is 14.9. The van der Waals surface area contributed by atoms with E-state index in [1.807, 2.05) is 6.92 Å². The summed E-state index contributed by atoms with van der Waals surface area (Å²) >= 11 is 0. The molecule has 0 amide bonds. The topological polar surface area (TPSA) is 88.7 Å². The highest BCUT2D eigenvalue weighted by atomic mass is 16.5. The molecule has 0 radical (unpaired) electrons. The lowest BCUT2D eigenvalue weighted by Gasteiger charge is -2.23. The van der Waals surface area contributed by atoms with Crippen molar-refractivity contribution in [1.29, 1.82) is 0 Å². The summed E-state index contributed by atoms with van der Waals surface area (Å²) in [7, 11) is 0. The summed E-state index contributed by atoms with van der Waals surface area (Å²) < 4.78 is 5.45. The van der Waals surface area contributed by atoms with Crippen LogP contribution in [0.4, 0.5) is 0 Å². The molecule has 0 saturated carbocycles. The zero-order valence-corrected chi connectivity index (χ0v) is 16.7. The number of nitrogens with two attached hydrogens (primary N) is 1. The molecule has 1 heterocycles. The third-order valence-corrected chi connectivity index (χ3v) is 5.22. The summed E-state index contributed by atoms with van der Waals surface area (Å²) in [5, 5.41) is 8.96. The van der Waals surface area contributed by atoms with Crippen molar-refractivity contribution in [2.45, 2.75) is 64.3 Å². The van der Waals surface area contributed by atoms with Gasteiger partial charge in [0.15, 0.2) is 0 Å². The van der Waals surface area contributed by atoms with Crippen LogP contribution in [-0.4, -0.2) is 59.8 Å². The van der Waals surface area contributed by atoms with Gasteiger partial charge in [0.05, 0.1) is 6.61 Å². The lowest BCUT2D eigenvalue weighted by Crippen LogP contribution is -2.37. The van der Waals surface area contributed by atoms with Crippen molar-refractivity contribution in [2.75, 3.05) is 32.8 Å². The number of ether oxygens (including phenoxy) is 1. The Balaban J connectivity index is 1.73. The van der Waals surface area contributed by atoms with Gasteiger partial charge < -0.3 is 20.5 Å². The smallest absolute Gasteiger partial charge is 0.320 e. The summed E-state index contributed by atoms with van der Waals surface area (Å²) in [6.07, 6.45) is 8.46. The quantitative estimate of drug-likeness (QED) is 0.513. The largest absolute Gasteiger partial charge is 0.480 e. The number of unbranched alkanes of at least 4 members (excludes halogenated alkanes) is 1. The third kappa shape index (κ3) is 7.95. The Hall–Kier alpha value is -1.50. The molecule has 0 unspecified atom stereocenters. The molecular weight excluding hydrogens is 342 g/mol. The number of aliphatic carboxylic acids is 1. The van der Waals surface area contributed by atoms with E-state index in [0.717, 1.165) is 38.8 Å². The first-order chi connectivity index (χ1) is 13.1. The average Bonchev–Trinajstić information content (AvgIpc) is 2.68. The van der Waals surface area contributed by atoms with E-state index < -0.39 is 12.0 Å². The number of aryl methyl sites for hydroxylation is 3. The molecule has 0 aliphatic heterocycles. The summed E-state index contributed by atoms with van der Waals surface area (Å²) in [6.45, 7) is 5.80. The first kappa shape index (κ1) is 21.8. The van der Waals surface area contributed by atoms with Crippen molar-refractivity contribution in [3.63, 3.8) is 0 Å². The second-order valence-corrected chi connectivity index (χ2v) is 7.34. The van der Waals surface area contributed by atoms with E-state index in [1.54, 1.807) is 0 Å². The van der Waals surface area contributed by atoms with Gasteiger partial charge in [-0.1, -0.05) is 6.07 Å². The highest BCUT2D eigenvalue weighted by Crippen LogP contribution is 2.20. The summed E-state index contributed by atoms with van der Waals surface area (Å²) in [5.41, 5.74) is 9.58. The number of carboxylic acid groups (broad SMARTS) is 1. The molecule has 6 nitrogen and oxygen atoms in total. The maximum Gasteiger partial charge on any atom is 0.320 e. The molecule has 27 heavy (non-hydrogen) atoms. The van der Waals surface area contributed by atoms with Crippen molar-refractivity contribution in [2.24, 2.45) is 5.73 Å². The van der Waals surface area contributed by atoms with Crippen molar-refractivity contribution in [1.82, 2.24) is 9.88 Å². The Morgan fingerprint density at radius 1 is 1.26 bits per heavy atom. The molecule has 1 aromatic rings. The molecule has 0 fully saturated rings. The van der Waals surface area contributed by atoms with Gasteiger partial charge in [-0.05, 0) is 76.5 Å². The van der Waals surface area contributed by atoms with Gasteiger partial charge in [-0.15, -0.1) is 0 Å². The van der Waals surface area contributed by atoms with Crippen LogP contribution in [0.3, 0.4) is 0 Å². The van der Waals surface area contributed by atoms with Gasteiger partial charge in [0.25, 0.3) is 0 Å². The molecule has 2 rings (SSSR count). The Morgan fingerprint density at radius 3 is 2.85 bits per heavy atom. The molecule has 3 N–H and O–H groups in total. The first-order valence-electron chi connectivity index (χ1n) is 10.4. The standard InChI is InChI=1S/C21H35N3O3/c1-2-27-16-15-24(14-12-19(22)21(25)26)13-6-5-8-18-11-10-17-7-3-4-9-20(17)23-18/h10-11,19H,2-9,12-16,22H2,1H3,(H,25,26)/t19-/m0/s1. The fraction of sp³-hybridized carbons (Fsp3) is 0.714. The van der Waals surface area contributed by atoms with Crippen molar-refractivity contribution in [3.8, 4) is 0 Å². The van der Waals surface area contributed by atoms with Gasteiger partial charge in [0.1, 0.15) is 6.04 Å². The Morgan fingerprint density at radius 2 is 2.07 bits per heavy atom. The molecule has 152 valence electrons. The van der Waals surface area contributed by atoms with Gasteiger partial charge >= 0.3 is 5.97 Å². The minimum absolute atomic E-state index is 0.466. The molecule has 0 aromatic carbocycles. The molecule has 6 heteroatoms.